The Morgan fingerprint density at radius 2 is 1.69 bits per heavy atom. The van der Waals surface area contributed by atoms with Crippen molar-refractivity contribution in [3.8, 4) is 0 Å². The van der Waals surface area contributed by atoms with Crippen LogP contribution in [0.2, 0.25) is 0 Å². The molecule has 8 nitrogen and oxygen atoms in total. The molecule has 0 bridgehead atoms. The number of hydrogen-bond acceptors (Lipinski definition) is 4. The maximum absolute atomic E-state index is 13.3. The van der Waals surface area contributed by atoms with Crippen molar-refractivity contribution in [2.45, 2.75) is 31.0 Å². The topological polar surface area (TPSA) is 122 Å². The molecule has 0 unspecified atom stereocenters. The lowest BCUT2D eigenvalue weighted by Crippen LogP contribution is -2.42. The maximum Gasteiger partial charge on any atom is 0.317 e. The fourth-order valence-corrected chi connectivity index (χ4v) is 5.12. The van der Waals surface area contributed by atoms with Crippen molar-refractivity contribution in [1.29, 1.82) is 0 Å². The number of sulfonamides is 1. The van der Waals surface area contributed by atoms with Crippen LogP contribution in [0.25, 0.3) is 0 Å². The lowest BCUT2D eigenvalue weighted by Gasteiger charge is -2.30. The van der Waals surface area contributed by atoms with Crippen molar-refractivity contribution >= 4 is 22.0 Å². The van der Waals surface area contributed by atoms with Gasteiger partial charge < -0.3 is 16.0 Å². The standard InChI is InChI=1S/C25H25FN4O4S/c26-20-7-1-4-17(12-20)15-29-35(33,34)21-8-2-5-18(13-21)14-28-25(32)30-11-10-22-19(16-30)6-3-9-23(22)24(27)31/h1-9,12-13,29H,10-11,14-16H2,(H2,27,31)(H,28,32). The monoisotopic (exact) mass is 496 g/mol. The van der Waals surface area contributed by atoms with E-state index in [0.717, 1.165) is 11.1 Å². The molecular formula is C25H25FN4O4S. The minimum atomic E-state index is -3.83. The Bertz CT molecular complexity index is 1380. The molecule has 1 aliphatic rings. The summed E-state index contributed by atoms with van der Waals surface area (Å²) in [6, 6.07) is 17.0. The van der Waals surface area contributed by atoms with Gasteiger partial charge in [-0.15, -0.1) is 0 Å². The molecule has 3 aromatic rings. The van der Waals surface area contributed by atoms with E-state index in [-0.39, 0.29) is 24.0 Å². The fraction of sp³-hybridized carbons (Fsp3) is 0.200. The summed E-state index contributed by atoms with van der Waals surface area (Å²) < 4.78 is 41.2. The van der Waals surface area contributed by atoms with E-state index in [0.29, 0.717) is 36.2 Å². The van der Waals surface area contributed by atoms with Gasteiger partial charge in [0.15, 0.2) is 0 Å². The van der Waals surface area contributed by atoms with E-state index in [9.17, 15) is 22.4 Å². The number of carbonyl (C=O) groups is 2. The Morgan fingerprint density at radius 3 is 2.43 bits per heavy atom. The number of nitrogens with zero attached hydrogens (tertiary/aromatic N) is 1. The third-order valence-corrected chi connectivity index (χ3v) is 7.23. The average molecular weight is 497 g/mol. The second-order valence-corrected chi connectivity index (χ2v) is 10.0. The van der Waals surface area contributed by atoms with E-state index in [4.69, 9.17) is 5.73 Å². The van der Waals surface area contributed by atoms with Crippen molar-refractivity contribution in [3.63, 3.8) is 0 Å². The summed E-state index contributed by atoms with van der Waals surface area (Å²) in [6.07, 6.45) is 0.520. The predicted molar refractivity (Wildman–Crippen MR) is 128 cm³/mol. The van der Waals surface area contributed by atoms with Crippen LogP contribution < -0.4 is 15.8 Å². The number of fused-ring (bicyclic) bond motifs is 1. The van der Waals surface area contributed by atoms with Crippen LogP contribution in [0.4, 0.5) is 9.18 Å². The molecule has 0 saturated carbocycles. The first-order valence-electron chi connectivity index (χ1n) is 11.0. The summed E-state index contributed by atoms with van der Waals surface area (Å²) in [4.78, 5) is 26.1. The molecule has 3 aromatic carbocycles. The Morgan fingerprint density at radius 1 is 0.971 bits per heavy atom. The second kappa shape index (κ2) is 10.2. The van der Waals surface area contributed by atoms with Crippen molar-refractivity contribution in [1.82, 2.24) is 14.9 Å². The van der Waals surface area contributed by atoms with Crippen molar-refractivity contribution in [2.24, 2.45) is 5.73 Å². The van der Waals surface area contributed by atoms with Crippen LogP contribution in [0.5, 0.6) is 0 Å². The molecule has 182 valence electrons. The summed E-state index contributed by atoms with van der Waals surface area (Å²) in [7, 11) is -3.83. The Balaban J connectivity index is 1.37. The summed E-state index contributed by atoms with van der Waals surface area (Å²) in [6.45, 7) is 0.869. The first kappa shape index (κ1) is 24.4. The third-order valence-electron chi connectivity index (χ3n) is 5.83. The lowest BCUT2D eigenvalue weighted by atomic mass is 9.94. The van der Waals surface area contributed by atoms with Gasteiger partial charge in [0.2, 0.25) is 15.9 Å². The van der Waals surface area contributed by atoms with Crippen LogP contribution in [0.1, 0.15) is 32.6 Å². The first-order chi connectivity index (χ1) is 16.7. The van der Waals surface area contributed by atoms with Crippen molar-refractivity contribution in [2.75, 3.05) is 6.54 Å². The van der Waals surface area contributed by atoms with Gasteiger partial charge in [-0.05, 0) is 59.0 Å². The molecular weight excluding hydrogens is 471 g/mol. The molecule has 4 N–H and O–H groups in total. The highest BCUT2D eigenvalue weighted by atomic mass is 32.2. The Labute approximate surface area is 203 Å². The quantitative estimate of drug-likeness (QED) is 0.466. The molecule has 0 aromatic heterocycles. The van der Waals surface area contributed by atoms with Crippen LogP contribution in [-0.2, 0) is 36.1 Å². The molecule has 0 radical (unpaired) electrons. The van der Waals surface area contributed by atoms with Crippen LogP contribution >= 0.6 is 0 Å². The van der Waals surface area contributed by atoms with Crippen LogP contribution in [0, 0.1) is 5.82 Å². The van der Waals surface area contributed by atoms with Gasteiger partial charge in [-0.25, -0.2) is 22.3 Å². The second-order valence-electron chi connectivity index (χ2n) is 8.24. The molecule has 0 spiro atoms. The predicted octanol–water partition coefficient (Wildman–Crippen LogP) is 2.67. The van der Waals surface area contributed by atoms with Crippen molar-refractivity contribution in [3.05, 3.63) is 100 Å². The van der Waals surface area contributed by atoms with Crippen molar-refractivity contribution < 1.29 is 22.4 Å². The summed E-state index contributed by atoms with van der Waals surface area (Å²) in [5.41, 5.74) is 8.78. The van der Waals surface area contributed by atoms with E-state index < -0.39 is 21.7 Å². The normalized spacial score (nSPS) is 13.2. The molecule has 35 heavy (non-hydrogen) atoms. The van der Waals surface area contributed by atoms with Crippen LogP contribution in [0.3, 0.4) is 0 Å². The number of hydrogen-bond donors (Lipinski definition) is 3. The summed E-state index contributed by atoms with van der Waals surface area (Å²) >= 11 is 0. The molecule has 4 rings (SSSR count). The highest BCUT2D eigenvalue weighted by molar-refractivity contribution is 7.89. The van der Waals surface area contributed by atoms with Gasteiger partial charge in [-0.3, -0.25) is 4.79 Å². The van der Waals surface area contributed by atoms with E-state index in [1.165, 1.54) is 30.3 Å². The van der Waals surface area contributed by atoms with Gasteiger partial charge in [-0.1, -0.05) is 36.4 Å². The third kappa shape index (κ3) is 5.84. The minimum Gasteiger partial charge on any atom is -0.366 e. The van der Waals surface area contributed by atoms with Crippen LogP contribution in [-0.4, -0.2) is 31.8 Å². The number of halogens is 1. The van der Waals surface area contributed by atoms with E-state index in [2.05, 4.69) is 10.0 Å². The number of carbonyl (C=O) groups excluding carboxylic acids is 2. The number of benzene rings is 3. The number of urea groups is 1. The van der Waals surface area contributed by atoms with Gasteiger partial charge in [0.25, 0.3) is 0 Å². The number of rotatable bonds is 7. The van der Waals surface area contributed by atoms with Crippen LogP contribution in [0.15, 0.2) is 71.6 Å². The minimum absolute atomic E-state index is 0.0467. The van der Waals surface area contributed by atoms with Gasteiger partial charge in [-0.2, -0.15) is 0 Å². The summed E-state index contributed by atoms with van der Waals surface area (Å²) in [5, 5.41) is 2.82. The van der Waals surface area contributed by atoms with E-state index in [1.807, 2.05) is 6.07 Å². The zero-order valence-corrected chi connectivity index (χ0v) is 19.6. The first-order valence-corrected chi connectivity index (χ1v) is 12.5. The zero-order chi connectivity index (χ0) is 25.0. The van der Waals surface area contributed by atoms with E-state index >= 15 is 0 Å². The molecule has 0 atom stereocenters. The molecule has 1 aliphatic heterocycles. The molecule has 1 heterocycles. The Kier molecular flexibility index (Phi) is 7.13. The van der Waals surface area contributed by atoms with Gasteiger partial charge in [0.05, 0.1) is 4.90 Å². The van der Waals surface area contributed by atoms with Gasteiger partial charge in [0, 0.05) is 31.7 Å². The fourth-order valence-electron chi connectivity index (χ4n) is 4.03. The highest BCUT2D eigenvalue weighted by Gasteiger charge is 2.23. The molecule has 10 heteroatoms. The lowest BCUT2D eigenvalue weighted by molar-refractivity contribution is 0.0998. The number of amides is 3. The number of nitrogens with one attached hydrogen (secondary N) is 2. The largest absolute Gasteiger partial charge is 0.366 e. The van der Waals surface area contributed by atoms with Gasteiger partial charge >= 0.3 is 6.03 Å². The Hall–Kier alpha value is -3.76. The average Bonchev–Trinajstić information content (AvgIpc) is 2.85. The highest BCUT2D eigenvalue weighted by Crippen LogP contribution is 2.22. The zero-order valence-electron chi connectivity index (χ0n) is 18.8. The molecule has 3 amide bonds. The SMILES string of the molecule is NC(=O)c1cccc2c1CCN(C(=O)NCc1cccc(S(=O)(=O)NCc3cccc(F)c3)c1)C2. The van der Waals surface area contributed by atoms with E-state index in [1.54, 1.807) is 35.2 Å². The molecule has 0 aliphatic carbocycles. The smallest absolute Gasteiger partial charge is 0.317 e. The molecule has 0 saturated heterocycles. The van der Waals surface area contributed by atoms with Gasteiger partial charge in [0.1, 0.15) is 5.82 Å². The number of primary amides is 1. The summed E-state index contributed by atoms with van der Waals surface area (Å²) in [5.74, 6) is -0.926. The molecule has 0 fully saturated rings. The maximum atomic E-state index is 13.3. The number of nitrogens with two attached hydrogens (primary N) is 1.